The number of carbonyl (C=O) groups is 1. The van der Waals surface area contributed by atoms with Crippen LogP contribution in [0.5, 0.6) is 0 Å². The van der Waals surface area contributed by atoms with E-state index >= 15 is 0 Å². The van der Waals surface area contributed by atoms with E-state index in [2.05, 4.69) is 20.2 Å². The molecule has 1 atom stereocenters. The van der Waals surface area contributed by atoms with Crippen molar-refractivity contribution in [3.63, 3.8) is 0 Å². The van der Waals surface area contributed by atoms with Crippen molar-refractivity contribution in [1.82, 2.24) is 20.1 Å². The Bertz CT molecular complexity index is 907. The molecule has 4 rings (SSSR count). The number of aliphatic imine (C=N–C) groups is 1. The number of halogens is 2. The molecule has 1 N–H and O–H groups in total. The van der Waals surface area contributed by atoms with Crippen LogP contribution in [0.15, 0.2) is 39.9 Å². The number of rotatable bonds is 5. The van der Waals surface area contributed by atoms with Crippen molar-refractivity contribution >= 4 is 35.8 Å². The number of benzene rings is 1. The molecule has 0 spiro atoms. The third-order valence-corrected chi connectivity index (χ3v) is 5.61. The van der Waals surface area contributed by atoms with Gasteiger partial charge in [-0.05, 0) is 37.1 Å². The molecule has 0 aliphatic carbocycles. The number of aromatic nitrogens is 1. The second-order valence-corrected chi connectivity index (χ2v) is 7.69. The molecule has 2 aliphatic heterocycles. The predicted octanol–water partition coefficient (Wildman–Crippen LogP) is 2.54. The molecule has 174 valence electrons. The number of amides is 1. The number of hydrogen-bond acceptors (Lipinski definition) is 5. The predicted molar refractivity (Wildman–Crippen MR) is 130 cm³/mol. The highest BCUT2D eigenvalue weighted by Crippen LogP contribution is 2.19. The quantitative estimate of drug-likeness (QED) is 0.346. The van der Waals surface area contributed by atoms with Crippen molar-refractivity contribution in [3.05, 3.63) is 42.0 Å². The van der Waals surface area contributed by atoms with Gasteiger partial charge in [-0.3, -0.25) is 9.79 Å². The van der Waals surface area contributed by atoms with Gasteiger partial charge in [0.25, 0.3) is 5.91 Å². The lowest BCUT2D eigenvalue weighted by Gasteiger charge is -2.37. The van der Waals surface area contributed by atoms with Crippen molar-refractivity contribution in [3.8, 4) is 11.5 Å². The SMILES string of the molecule is CN=C(NCCc1coc(-c2ccc(F)cc2)n1)N1CCN(C(=O)C2CCCO2)CC1.I. The van der Waals surface area contributed by atoms with Gasteiger partial charge in [0.2, 0.25) is 5.89 Å². The van der Waals surface area contributed by atoms with Crippen molar-refractivity contribution in [1.29, 1.82) is 0 Å². The maximum Gasteiger partial charge on any atom is 0.251 e. The molecule has 0 saturated carbocycles. The molecule has 10 heteroatoms. The summed E-state index contributed by atoms with van der Waals surface area (Å²) < 4.78 is 24.1. The van der Waals surface area contributed by atoms with Gasteiger partial charge in [0.15, 0.2) is 5.96 Å². The Morgan fingerprint density at radius 1 is 1.22 bits per heavy atom. The molecule has 1 amide bonds. The number of guanidine groups is 1. The minimum Gasteiger partial charge on any atom is -0.444 e. The van der Waals surface area contributed by atoms with E-state index in [-0.39, 0.29) is 41.8 Å². The smallest absolute Gasteiger partial charge is 0.251 e. The van der Waals surface area contributed by atoms with Crippen LogP contribution in [0.25, 0.3) is 11.5 Å². The fourth-order valence-corrected chi connectivity index (χ4v) is 3.90. The van der Waals surface area contributed by atoms with Crippen LogP contribution in [0.2, 0.25) is 0 Å². The Morgan fingerprint density at radius 3 is 2.59 bits per heavy atom. The zero-order valence-corrected chi connectivity index (χ0v) is 20.5. The van der Waals surface area contributed by atoms with E-state index in [1.165, 1.54) is 12.1 Å². The van der Waals surface area contributed by atoms with Gasteiger partial charge in [-0.2, -0.15) is 0 Å². The molecule has 1 aromatic carbocycles. The van der Waals surface area contributed by atoms with Crippen molar-refractivity contribution < 1.29 is 18.3 Å². The highest BCUT2D eigenvalue weighted by atomic mass is 127. The number of oxazole rings is 1. The van der Waals surface area contributed by atoms with Crippen LogP contribution in [-0.2, 0) is 16.0 Å². The molecule has 1 aromatic heterocycles. The molecular weight excluding hydrogens is 528 g/mol. The Balaban J connectivity index is 0.00000289. The third-order valence-electron chi connectivity index (χ3n) is 5.61. The van der Waals surface area contributed by atoms with Crippen LogP contribution >= 0.6 is 24.0 Å². The van der Waals surface area contributed by atoms with Crippen LogP contribution < -0.4 is 5.32 Å². The summed E-state index contributed by atoms with van der Waals surface area (Å²) in [7, 11) is 1.76. The summed E-state index contributed by atoms with van der Waals surface area (Å²) in [6.45, 7) is 4.14. The first-order valence-corrected chi connectivity index (χ1v) is 10.7. The Morgan fingerprint density at radius 2 is 1.94 bits per heavy atom. The summed E-state index contributed by atoms with van der Waals surface area (Å²) in [5.74, 6) is 1.11. The molecule has 0 radical (unpaired) electrons. The summed E-state index contributed by atoms with van der Waals surface area (Å²) in [5, 5.41) is 3.36. The summed E-state index contributed by atoms with van der Waals surface area (Å²) in [6.07, 6.45) is 3.82. The largest absolute Gasteiger partial charge is 0.444 e. The van der Waals surface area contributed by atoms with Crippen LogP contribution in [0.3, 0.4) is 0 Å². The lowest BCUT2D eigenvalue weighted by molar-refractivity contribution is -0.142. The summed E-state index contributed by atoms with van der Waals surface area (Å²) >= 11 is 0. The van der Waals surface area contributed by atoms with Gasteiger partial charge in [0, 0.05) is 58.4 Å². The van der Waals surface area contributed by atoms with E-state index in [1.807, 2.05) is 4.90 Å². The number of nitrogens with zero attached hydrogens (tertiary/aromatic N) is 4. The highest BCUT2D eigenvalue weighted by molar-refractivity contribution is 14.0. The van der Waals surface area contributed by atoms with Crippen molar-refractivity contribution in [2.45, 2.75) is 25.4 Å². The van der Waals surface area contributed by atoms with E-state index in [9.17, 15) is 9.18 Å². The molecule has 2 aliphatic rings. The maximum atomic E-state index is 13.1. The van der Waals surface area contributed by atoms with Crippen LogP contribution in [0.4, 0.5) is 4.39 Å². The fourth-order valence-electron chi connectivity index (χ4n) is 3.90. The molecule has 32 heavy (non-hydrogen) atoms. The van der Waals surface area contributed by atoms with Gasteiger partial charge < -0.3 is 24.3 Å². The first-order valence-electron chi connectivity index (χ1n) is 10.7. The minimum atomic E-state index is -0.289. The molecule has 2 fully saturated rings. The number of ether oxygens (including phenoxy) is 1. The molecule has 8 nitrogen and oxygen atoms in total. The number of nitrogens with one attached hydrogen (secondary N) is 1. The standard InChI is InChI=1S/C22H28FN5O3.HI/c1-24-22(28-12-10-27(11-13-28)21(29)19-3-2-14-30-19)25-9-8-18-15-31-20(26-18)16-4-6-17(23)7-5-16;/h4-7,15,19H,2-3,8-14H2,1H3,(H,24,25);1H. The van der Waals surface area contributed by atoms with Crippen LogP contribution in [-0.4, -0.2) is 79.1 Å². The van der Waals surface area contributed by atoms with Gasteiger partial charge in [0.05, 0.1) is 5.69 Å². The lowest BCUT2D eigenvalue weighted by Crippen LogP contribution is -2.55. The van der Waals surface area contributed by atoms with Crippen LogP contribution in [0, 0.1) is 5.82 Å². The number of hydrogen-bond donors (Lipinski definition) is 1. The second kappa shape index (κ2) is 11.6. The number of piperazine rings is 1. The normalized spacial score (nSPS) is 19.1. The average molecular weight is 557 g/mol. The average Bonchev–Trinajstić information content (AvgIpc) is 3.50. The molecule has 2 aromatic rings. The maximum absolute atomic E-state index is 13.1. The van der Waals surface area contributed by atoms with E-state index in [1.54, 1.807) is 25.4 Å². The minimum absolute atomic E-state index is 0. The van der Waals surface area contributed by atoms with Gasteiger partial charge in [-0.15, -0.1) is 24.0 Å². The molecular formula is C22H29FIN5O3. The molecule has 3 heterocycles. The van der Waals surface area contributed by atoms with Gasteiger partial charge in [-0.25, -0.2) is 9.37 Å². The van der Waals surface area contributed by atoms with Crippen molar-refractivity contribution in [2.24, 2.45) is 4.99 Å². The van der Waals surface area contributed by atoms with Crippen LogP contribution in [0.1, 0.15) is 18.5 Å². The van der Waals surface area contributed by atoms with E-state index < -0.39 is 0 Å². The third kappa shape index (κ3) is 5.97. The first-order chi connectivity index (χ1) is 15.1. The molecule has 1 unspecified atom stereocenters. The monoisotopic (exact) mass is 557 g/mol. The Labute approximate surface area is 204 Å². The van der Waals surface area contributed by atoms with Gasteiger partial charge in [-0.1, -0.05) is 0 Å². The fraction of sp³-hybridized carbons (Fsp3) is 0.500. The van der Waals surface area contributed by atoms with Gasteiger partial charge in [0.1, 0.15) is 18.2 Å². The summed E-state index contributed by atoms with van der Waals surface area (Å²) in [6, 6.07) is 6.07. The highest BCUT2D eigenvalue weighted by Gasteiger charge is 2.30. The molecule has 0 bridgehead atoms. The summed E-state index contributed by atoms with van der Waals surface area (Å²) in [4.78, 5) is 25.4. The summed E-state index contributed by atoms with van der Waals surface area (Å²) in [5.41, 5.74) is 1.56. The van der Waals surface area contributed by atoms with Crippen molar-refractivity contribution in [2.75, 3.05) is 46.4 Å². The topological polar surface area (TPSA) is 83.2 Å². The number of carbonyl (C=O) groups excluding carboxylic acids is 1. The van der Waals surface area contributed by atoms with Gasteiger partial charge >= 0.3 is 0 Å². The van der Waals surface area contributed by atoms with E-state index in [0.29, 0.717) is 38.6 Å². The lowest BCUT2D eigenvalue weighted by atomic mass is 10.2. The van der Waals surface area contributed by atoms with E-state index in [0.717, 1.165) is 43.1 Å². The Hall–Kier alpha value is -2.21. The zero-order valence-electron chi connectivity index (χ0n) is 18.1. The Kier molecular flexibility index (Phi) is 8.85. The first kappa shape index (κ1) is 24.4. The second-order valence-electron chi connectivity index (χ2n) is 7.69. The molecule has 2 saturated heterocycles. The van der Waals surface area contributed by atoms with E-state index in [4.69, 9.17) is 9.15 Å². The zero-order chi connectivity index (χ0) is 21.6.